The van der Waals surface area contributed by atoms with Crippen molar-refractivity contribution in [2.75, 3.05) is 4.90 Å². The molecule has 0 atom stereocenters. The van der Waals surface area contributed by atoms with Gasteiger partial charge >= 0.3 is 24.4 Å². The molecule has 0 unspecified atom stereocenters. The Morgan fingerprint density at radius 2 is 1.37 bits per heavy atom. The van der Waals surface area contributed by atoms with E-state index in [0.717, 1.165) is 40.8 Å². The minimum atomic E-state index is -4.98. The molecule has 0 fully saturated rings. The minimum absolute atomic E-state index is 0.00638. The van der Waals surface area contributed by atoms with Crippen LogP contribution in [0.3, 0.4) is 0 Å². The van der Waals surface area contributed by atoms with Crippen molar-refractivity contribution in [2.24, 2.45) is 0 Å². The van der Waals surface area contributed by atoms with E-state index in [1.807, 2.05) is 20.8 Å². The number of anilines is 1. The molecular formula is C27H23F6NO4. The molecule has 0 saturated heterocycles. The molecule has 0 bridgehead atoms. The van der Waals surface area contributed by atoms with E-state index >= 15 is 0 Å². The molecule has 11 heteroatoms. The zero-order valence-electron chi connectivity index (χ0n) is 20.4. The molecule has 0 aliphatic carbocycles. The fourth-order valence-electron chi connectivity index (χ4n) is 3.69. The largest absolute Gasteiger partial charge is 0.573 e. The van der Waals surface area contributed by atoms with Crippen LogP contribution in [0.2, 0.25) is 0 Å². The van der Waals surface area contributed by atoms with Gasteiger partial charge in [-0.05, 0) is 52.4 Å². The number of aliphatic carboxylic acids is 1. The number of ether oxygens (including phenoxy) is 1. The Bertz CT molecular complexity index is 1310. The lowest BCUT2D eigenvalue weighted by Crippen LogP contribution is -2.36. The minimum Gasteiger partial charge on any atom is -0.474 e. The van der Waals surface area contributed by atoms with Crippen molar-refractivity contribution in [2.45, 2.75) is 45.3 Å². The number of hydrogen-bond acceptors (Lipinski definition) is 3. The molecule has 0 aliphatic rings. The van der Waals surface area contributed by atoms with Crippen LogP contribution in [0.1, 0.15) is 37.5 Å². The van der Waals surface area contributed by atoms with Gasteiger partial charge in [-0.1, -0.05) is 57.2 Å². The van der Waals surface area contributed by atoms with Crippen LogP contribution >= 0.6 is 0 Å². The van der Waals surface area contributed by atoms with Gasteiger partial charge in [0.05, 0.1) is 17.8 Å². The molecule has 0 heterocycles. The van der Waals surface area contributed by atoms with Gasteiger partial charge in [0.15, 0.2) is 0 Å². The lowest BCUT2D eigenvalue weighted by Gasteiger charge is -2.26. The normalized spacial score (nSPS) is 12.2. The maximum absolute atomic E-state index is 13.5. The zero-order valence-corrected chi connectivity index (χ0v) is 20.4. The predicted molar refractivity (Wildman–Crippen MR) is 128 cm³/mol. The van der Waals surface area contributed by atoms with Gasteiger partial charge in [0.1, 0.15) is 5.75 Å². The SMILES string of the molecule is CC(C)(C)c1ccc(CN(C(=O)C(=O)O)c2ccc(C(F)(F)F)cc2-c2ccc(OC(F)(F)F)cc2)cc1. The number of amides is 1. The molecule has 0 saturated carbocycles. The van der Waals surface area contributed by atoms with Crippen molar-refractivity contribution in [3.05, 3.63) is 83.4 Å². The predicted octanol–water partition coefficient (Wildman–Crippen LogP) is 7.19. The van der Waals surface area contributed by atoms with E-state index in [0.29, 0.717) is 17.7 Å². The average molecular weight is 539 g/mol. The molecule has 5 nitrogen and oxygen atoms in total. The maximum Gasteiger partial charge on any atom is 0.573 e. The first-order chi connectivity index (χ1) is 17.5. The van der Waals surface area contributed by atoms with Crippen molar-refractivity contribution in [1.29, 1.82) is 0 Å². The molecular weight excluding hydrogens is 516 g/mol. The second-order valence-electron chi connectivity index (χ2n) is 9.45. The summed E-state index contributed by atoms with van der Waals surface area (Å²) >= 11 is 0. The number of halogens is 6. The first-order valence-electron chi connectivity index (χ1n) is 11.2. The summed E-state index contributed by atoms with van der Waals surface area (Å²) in [6.07, 6.45) is -9.76. The van der Waals surface area contributed by atoms with Crippen LogP contribution in [0.15, 0.2) is 66.7 Å². The molecule has 0 aromatic heterocycles. The number of carbonyl (C=O) groups excluding carboxylic acids is 1. The van der Waals surface area contributed by atoms with Crippen molar-refractivity contribution in [1.82, 2.24) is 0 Å². The van der Waals surface area contributed by atoms with E-state index in [-0.39, 0.29) is 28.8 Å². The van der Waals surface area contributed by atoms with Crippen LogP contribution in [0.5, 0.6) is 5.75 Å². The van der Waals surface area contributed by atoms with Crippen LogP contribution in [-0.4, -0.2) is 23.3 Å². The third-order valence-corrected chi connectivity index (χ3v) is 5.60. The lowest BCUT2D eigenvalue weighted by molar-refractivity contribution is -0.274. The molecule has 3 aromatic rings. The molecule has 0 spiro atoms. The number of nitrogens with zero attached hydrogens (tertiary/aromatic N) is 1. The highest BCUT2D eigenvalue weighted by atomic mass is 19.4. The standard InChI is InChI=1S/C27H23F6NO4/c1-25(2,3)18-8-4-16(5-9-18)15-34(23(35)24(36)37)22-13-10-19(26(28,29)30)14-21(22)17-6-11-20(12-7-17)38-27(31,32)33/h4-14H,15H2,1-3H3,(H,36,37). The van der Waals surface area contributed by atoms with Gasteiger partial charge in [0.2, 0.25) is 0 Å². The molecule has 3 rings (SSSR count). The summed E-state index contributed by atoms with van der Waals surface area (Å²) in [5, 5.41) is 9.44. The summed E-state index contributed by atoms with van der Waals surface area (Å²) < 4.78 is 82.0. The number of carboxylic acid groups (broad SMARTS) is 1. The molecule has 38 heavy (non-hydrogen) atoms. The highest BCUT2D eigenvalue weighted by Crippen LogP contribution is 2.39. The molecule has 3 aromatic carbocycles. The Labute approximate surface area is 214 Å². The van der Waals surface area contributed by atoms with Crippen molar-refractivity contribution >= 4 is 17.6 Å². The summed E-state index contributed by atoms with van der Waals surface area (Å²) in [7, 11) is 0. The first-order valence-corrected chi connectivity index (χ1v) is 11.2. The Morgan fingerprint density at radius 1 is 0.816 bits per heavy atom. The van der Waals surface area contributed by atoms with E-state index in [1.54, 1.807) is 24.3 Å². The fraction of sp³-hybridized carbons (Fsp3) is 0.259. The summed E-state index contributed by atoms with van der Waals surface area (Å²) in [4.78, 5) is 25.2. The van der Waals surface area contributed by atoms with Gasteiger partial charge < -0.3 is 9.84 Å². The van der Waals surface area contributed by atoms with Gasteiger partial charge in [-0.25, -0.2) is 4.79 Å². The highest BCUT2D eigenvalue weighted by molar-refractivity contribution is 6.37. The number of carboxylic acids is 1. The number of carbonyl (C=O) groups is 2. The molecule has 1 amide bonds. The lowest BCUT2D eigenvalue weighted by atomic mass is 9.86. The van der Waals surface area contributed by atoms with Crippen molar-refractivity contribution < 1.29 is 45.8 Å². The number of alkyl halides is 6. The Morgan fingerprint density at radius 3 is 1.84 bits per heavy atom. The monoisotopic (exact) mass is 539 g/mol. The highest BCUT2D eigenvalue weighted by Gasteiger charge is 2.34. The summed E-state index contributed by atoms with van der Waals surface area (Å²) in [6.45, 7) is 5.68. The van der Waals surface area contributed by atoms with E-state index in [4.69, 9.17) is 0 Å². The molecule has 202 valence electrons. The van der Waals surface area contributed by atoms with Crippen LogP contribution in [0.4, 0.5) is 32.0 Å². The third kappa shape index (κ3) is 7.05. The van der Waals surface area contributed by atoms with Crippen LogP contribution in [-0.2, 0) is 27.7 Å². The topological polar surface area (TPSA) is 66.8 Å². The Balaban J connectivity index is 2.13. The van der Waals surface area contributed by atoms with Crippen molar-refractivity contribution in [3.8, 4) is 16.9 Å². The van der Waals surface area contributed by atoms with E-state index < -0.39 is 35.7 Å². The molecule has 0 radical (unpaired) electrons. The second-order valence-corrected chi connectivity index (χ2v) is 9.45. The Kier molecular flexibility index (Phi) is 7.81. The van der Waals surface area contributed by atoms with Gasteiger partial charge in [-0.2, -0.15) is 13.2 Å². The summed E-state index contributed by atoms with van der Waals surface area (Å²) in [5.41, 5.74) is -0.177. The summed E-state index contributed by atoms with van der Waals surface area (Å²) in [5.74, 6) is -3.84. The van der Waals surface area contributed by atoms with E-state index in [2.05, 4.69) is 4.74 Å². The second kappa shape index (κ2) is 10.4. The number of rotatable bonds is 5. The van der Waals surface area contributed by atoms with Crippen molar-refractivity contribution in [3.63, 3.8) is 0 Å². The van der Waals surface area contributed by atoms with E-state index in [9.17, 15) is 41.0 Å². The number of benzene rings is 3. The Hall–Kier alpha value is -4.02. The van der Waals surface area contributed by atoms with Gasteiger partial charge in [-0.15, -0.1) is 13.2 Å². The van der Waals surface area contributed by atoms with E-state index in [1.165, 1.54) is 0 Å². The van der Waals surface area contributed by atoms with Crippen LogP contribution < -0.4 is 9.64 Å². The van der Waals surface area contributed by atoms with Gasteiger partial charge in [0, 0.05) is 5.56 Å². The smallest absolute Gasteiger partial charge is 0.474 e. The third-order valence-electron chi connectivity index (χ3n) is 5.60. The average Bonchev–Trinajstić information content (AvgIpc) is 2.80. The van der Waals surface area contributed by atoms with Gasteiger partial charge in [0.25, 0.3) is 0 Å². The maximum atomic E-state index is 13.5. The van der Waals surface area contributed by atoms with Crippen LogP contribution in [0, 0.1) is 0 Å². The fourth-order valence-corrected chi connectivity index (χ4v) is 3.69. The van der Waals surface area contributed by atoms with Gasteiger partial charge in [-0.3, -0.25) is 9.69 Å². The quantitative estimate of drug-likeness (QED) is 0.275. The number of hydrogen-bond donors (Lipinski definition) is 1. The molecule has 0 aliphatic heterocycles. The first kappa shape index (κ1) is 28.5. The summed E-state index contributed by atoms with van der Waals surface area (Å²) in [6, 6.07) is 13.3. The van der Waals surface area contributed by atoms with Crippen LogP contribution in [0.25, 0.3) is 11.1 Å². The zero-order chi connectivity index (χ0) is 28.5. The molecule has 1 N–H and O–H groups in total.